The summed E-state index contributed by atoms with van der Waals surface area (Å²) in [5, 5.41) is 5.72. The average molecular weight is 415 g/mol. The number of nitrogens with one attached hydrogen (secondary N) is 3. The third-order valence-corrected chi connectivity index (χ3v) is 4.31. The van der Waals surface area contributed by atoms with Crippen LogP contribution in [0.5, 0.6) is 0 Å². The van der Waals surface area contributed by atoms with Crippen molar-refractivity contribution >= 4 is 34.4 Å². The van der Waals surface area contributed by atoms with E-state index in [1.165, 1.54) is 13.0 Å². The van der Waals surface area contributed by atoms with Crippen LogP contribution >= 0.6 is 0 Å². The number of halogens is 2. The van der Waals surface area contributed by atoms with Gasteiger partial charge in [-0.3, -0.25) is 9.59 Å². The van der Waals surface area contributed by atoms with Gasteiger partial charge in [0.2, 0.25) is 5.91 Å². The molecule has 2 aromatic carbocycles. The van der Waals surface area contributed by atoms with Crippen molar-refractivity contribution in [3.05, 3.63) is 65.9 Å². The van der Waals surface area contributed by atoms with Crippen molar-refractivity contribution in [3.63, 3.8) is 0 Å². The van der Waals surface area contributed by atoms with Crippen LogP contribution in [0.15, 0.2) is 48.7 Å². The number of aromatic amines is 1. The minimum Gasteiger partial charge on any atom is -0.454 e. The van der Waals surface area contributed by atoms with E-state index in [1.807, 2.05) is 24.3 Å². The maximum atomic E-state index is 13.2. The van der Waals surface area contributed by atoms with Crippen LogP contribution in [-0.4, -0.2) is 35.4 Å². The molecule has 0 unspecified atom stereocenters. The highest BCUT2D eigenvalue weighted by atomic mass is 19.2. The molecule has 3 N–H and O–H groups in total. The molecule has 0 fully saturated rings. The molecule has 2 amide bonds. The summed E-state index contributed by atoms with van der Waals surface area (Å²) in [4.78, 5) is 39.0. The first-order chi connectivity index (χ1) is 14.3. The molecule has 0 saturated carbocycles. The Morgan fingerprint density at radius 3 is 2.60 bits per heavy atom. The van der Waals surface area contributed by atoms with E-state index in [2.05, 4.69) is 15.6 Å². The molecule has 3 rings (SSSR count). The number of H-pyrrole nitrogens is 1. The van der Waals surface area contributed by atoms with Crippen molar-refractivity contribution in [2.75, 3.05) is 11.9 Å². The molecule has 0 saturated heterocycles. The average Bonchev–Trinajstić information content (AvgIpc) is 3.11. The minimum absolute atomic E-state index is 0.0205. The lowest BCUT2D eigenvalue weighted by Gasteiger charge is -2.16. The van der Waals surface area contributed by atoms with E-state index in [-0.39, 0.29) is 12.1 Å². The van der Waals surface area contributed by atoms with Crippen LogP contribution in [-0.2, 0) is 25.5 Å². The van der Waals surface area contributed by atoms with Gasteiger partial charge in [-0.05, 0) is 23.8 Å². The van der Waals surface area contributed by atoms with Crippen molar-refractivity contribution in [2.24, 2.45) is 0 Å². The van der Waals surface area contributed by atoms with Crippen LogP contribution < -0.4 is 10.6 Å². The summed E-state index contributed by atoms with van der Waals surface area (Å²) in [6, 6.07) is 9.34. The van der Waals surface area contributed by atoms with E-state index in [0.717, 1.165) is 28.6 Å². The Balaban J connectivity index is 1.62. The van der Waals surface area contributed by atoms with Crippen molar-refractivity contribution in [1.29, 1.82) is 0 Å². The molecule has 30 heavy (non-hydrogen) atoms. The Labute approximate surface area is 170 Å². The first kappa shape index (κ1) is 21.0. The van der Waals surface area contributed by atoms with Gasteiger partial charge in [-0.2, -0.15) is 0 Å². The number of hydrogen-bond donors (Lipinski definition) is 3. The molecule has 0 aliphatic rings. The summed E-state index contributed by atoms with van der Waals surface area (Å²) in [7, 11) is 0. The molecule has 0 aliphatic carbocycles. The molecular weight excluding hydrogens is 396 g/mol. The monoisotopic (exact) mass is 415 g/mol. The summed E-state index contributed by atoms with van der Waals surface area (Å²) in [5.74, 6) is -4.12. The van der Waals surface area contributed by atoms with E-state index in [9.17, 15) is 23.2 Å². The first-order valence-electron chi connectivity index (χ1n) is 9.07. The van der Waals surface area contributed by atoms with Gasteiger partial charge < -0.3 is 20.4 Å². The first-order valence-corrected chi connectivity index (χ1v) is 9.07. The summed E-state index contributed by atoms with van der Waals surface area (Å²) in [5.41, 5.74) is 1.70. The van der Waals surface area contributed by atoms with Crippen molar-refractivity contribution in [3.8, 4) is 0 Å². The van der Waals surface area contributed by atoms with Crippen LogP contribution in [0, 0.1) is 11.6 Å². The Bertz CT molecular complexity index is 1100. The van der Waals surface area contributed by atoms with Crippen molar-refractivity contribution < 1.29 is 27.9 Å². The zero-order chi connectivity index (χ0) is 21.7. The lowest BCUT2D eigenvalue weighted by molar-refractivity contribution is -0.150. The highest BCUT2D eigenvalue weighted by Crippen LogP contribution is 2.19. The Morgan fingerprint density at radius 2 is 1.87 bits per heavy atom. The quantitative estimate of drug-likeness (QED) is 0.517. The summed E-state index contributed by atoms with van der Waals surface area (Å²) in [6.07, 6.45) is 1.90. The van der Waals surface area contributed by atoms with Gasteiger partial charge in [0, 0.05) is 42.2 Å². The zero-order valence-corrected chi connectivity index (χ0v) is 16.0. The largest absolute Gasteiger partial charge is 0.454 e. The second kappa shape index (κ2) is 9.17. The van der Waals surface area contributed by atoms with Gasteiger partial charge >= 0.3 is 5.97 Å². The predicted octanol–water partition coefficient (Wildman–Crippen LogP) is 2.68. The molecule has 1 atom stereocenters. The van der Waals surface area contributed by atoms with Crippen LogP contribution in [0.4, 0.5) is 14.5 Å². The maximum absolute atomic E-state index is 13.2. The number of fused-ring (bicyclic) bond motifs is 1. The topological polar surface area (TPSA) is 100 Å². The molecule has 0 aliphatic heterocycles. The van der Waals surface area contributed by atoms with Gasteiger partial charge in [0.15, 0.2) is 18.2 Å². The van der Waals surface area contributed by atoms with Gasteiger partial charge in [0.1, 0.15) is 6.04 Å². The number of para-hydroxylation sites is 1. The number of amides is 2. The summed E-state index contributed by atoms with van der Waals surface area (Å²) < 4.78 is 31.2. The molecule has 3 aromatic rings. The molecule has 0 bridgehead atoms. The zero-order valence-electron chi connectivity index (χ0n) is 16.0. The lowest BCUT2D eigenvalue weighted by Crippen LogP contribution is -2.43. The molecule has 1 heterocycles. The fourth-order valence-corrected chi connectivity index (χ4v) is 2.97. The van der Waals surface area contributed by atoms with Crippen LogP contribution in [0.25, 0.3) is 10.9 Å². The van der Waals surface area contributed by atoms with Gasteiger partial charge in [-0.1, -0.05) is 18.2 Å². The number of aromatic nitrogens is 1. The number of benzene rings is 2. The number of carbonyl (C=O) groups is 3. The normalized spacial score (nSPS) is 11.7. The van der Waals surface area contributed by atoms with Crippen LogP contribution in [0.2, 0.25) is 0 Å². The SMILES string of the molecule is CC(=O)N[C@@H](Cc1c[nH]c2ccccc12)C(=O)OCC(=O)Nc1ccc(F)c(F)c1. The van der Waals surface area contributed by atoms with Gasteiger partial charge in [0.05, 0.1) is 0 Å². The van der Waals surface area contributed by atoms with Gasteiger partial charge in [-0.25, -0.2) is 13.6 Å². The Hall–Kier alpha value is -3.75. The fourth-order valence-electron chi connectivity index (χ4n) is 2.97. The molecular formula is C21H19F2N3O4. The van der Waals surface area contributed by atoms with E-state index in [4.69, 9.17) is 4.74 Å². The molecule has 0 spiro atoms. The Kier molecular flexibility index (Phi) is 6.41. The number of esters is 1. The number of hydrogen-bond acceptors (Lipinski definition) is 4. The molecule has 156 valence electrons. The van der Waals surface area contributed by atoms with Crippen LogP contribution in [0.1, 0.15) is 12.5 Å². The van der Waals surface area contributed by atoms with Gasteiger partial charge in [-0.15, -0.1) is 0 Å². The minimum atomic E-state index is -1.12. The van der Waals surface area contributed by atoms with E-state index in [1.54, 1.807) is 6.20 Å². The van der Waals surface area contributed by atoms with Crippen LogP contribution in [0.3, 0.4) is 0 Å². The molecule has 7 nitrogen and oxygen atoms in total. The number of carbonyl (C=O) groups excluding carboxylic acids is 3. The predicted molar refractivity (Wildman–Crippen MR) is 106 cm³/mol. The number of anilines is 1. The number of ether oxygens (including phenoxy) is 1. The highest BCUT2D eigenvalue weighted by molar-refractivity contribution is 5.93. The molecule has 9 heteroatoms. The van der Waals surface area contributed by atoms with Gasteiger partial charge in [0.25, 0.3) is 5.91 Å². The third kappa shape index (κ3) is 5.19. The van der Waals surface area contributed by atoms with E-state index < -0.39 is 42.1 Å². The standard InChI is InChI=1S/C21H19F2N3O4/c1-12(27)25-19(8-13-10-24-18-5-3-2-4-15(13)18)21(29)30-11-20(28)26-14-6-7-16(22)17(23)9-14/h2-7,9-10,19,24H,8,11H2,1H3,(H,25,27)(H,26,28)/t19-/m0/s1. The fraction of sp³-hybridized carbons (Fsp3) is 0.190. The second-order valence-corrected chi connectivity index (χ2v) is 6.60. The Morgan fingerprint density at radius 1 is 1.10 bits per heavy atom. The van der Waals surface area contributed by atoms with Crippen molar-refractivity contribution in [1.82, 2.24) is 10.3 Å². The lowest BCUT2D eigenvalue weighted by atomic mass is 10.0. The smallest absolute Gasteiger partial charge is 0.329 e. The summed E-state index contributed by atoms with van der Waals surface area (Å²) in [6.45, 7) is 0.618. The van der Waals surface area contributed by atoms with E-state index in [0.29, 0.717) is 0 Å². The molecule has 1 aromatic heterocycles. The second-order valence-electron chi connectivity index (χ2n) is 6.60. The molecule has 0 radical (unpaired) electrons. The highest BCUT2D eigenvalue weighted by Gasteiger charge is 2.24. The maximum Gasteiger partial charge on any atom is 0.329 e. The summed E-state index contributed by atoms with van der Waals surface area (Å²) >= 11 is 0. The van der Waals surface area contributed by atoms with Crippen molar-refractivity contribution in [2.45, 2.75) is 19.4 Å². The third-order valence-electron chi connectivity index (χ3n) is 4.31. The van der Waals surface area contributed by atoms with E-state index >= 15 is 0 Å². The number of rotatable bonds is 7.